The lowest BCUT2D eigenvalue weighted by molar-refractivity contribution is -0.143. The van der Waals surface area contributed by atoms with Gasteiger partial charge in [0.1, 0.15) is 6.04 Å². The monoisotopic (exact) mass is 327 g/mol. The summed E-state index contributed by atoms with van der Waals surface area (Å²) in [7, 11) is -3.44. The molecule has 0 aromatic heterocycles. The number of methoxy groups -OCH3 is 1. The van der Waals surface area contributed by atoms with Gasteiger partial charge in [0, 0.05) is 0 Å². The van der Waals surface area contributed by atoms with Crippen LogP contribution in [0.3, 0.4) is 0 Å². The van der Waals surface area contributed by atoms with E-state index in [0.717, 1.165) is 19.2 Å². The number of sulfonamides is 1. The van der Waals surface area contributed by atoms with Crippen LogP contribution in [0.4, 0.5) is 13.2 Å². The van der Waals surface area contributed by atoms with Gasteiger partial charge in [0.25, 0.3) is 0 Å². The normalized spacial score (nSPS) is 13.8. The van der Waals surface area contributed by atoms with E-state index in [-0.39, 0.29) is 0 Å². The molecule has 21 heavy (non-hydrogen) atoms. The second-order valence-electron chi connectivity index (χ2n) is 3.91. The van der Waals surface area contributed by atoms with Crippen molar-refractivity contribution in [2.45, 2.75) is 17.1 Å². The molecule has 10 heteroatoms. The third kappa shape index (κ3) is 4.41. The van der Waals surface area contributed by atoms with Crippen LogP contribution in [-0.2, 0) is 25.7 Å². The van der Waals surface area contributed by atoms with Crippen LogP contribution in [0.15, 0.2) is 29.2 Å². The molecule has 0 fully saturated rings. The molecular weight excluding hydrogens is 315 g/mol. The molecular formula is C11H12F3NO5S. The highest BCUT2D eigenvalue weighted by molar-refractivity contribution is 7.89. The molecule has 1 atom stereocenters. The van der Waals surface area contributed by atoms with Gasteiger partial charge in [0.2, 0.25) is 10.0 Å². The number of halogens is 3. The van der Waals surface area contributed by atoms with Gasteiger partial charge in [-0.15, -0.1) is 0 Å². The van der Waals surface area contributed by atoms with Crippen molar-refractivity contribution in [2.75, 3.05) is 13.7 Å². The molecule has 0 radical (unpaired) electrons. The van der Waals surface area contributed by atoms with Crippen molar-refractivity contribution in [3.05, 3.63) is 29.8 Å². The molecule has 2 N–H and O–H groups in total. The summed E-state index contributed by atoms with van der Waals surface area (Å²) in [5, 5.41) is 8.91. The molecule has 0 bridgehead atoms. The lowest BCUT2D eigenvalue weighted by Gasteiger charge is -2.15. The van der Waals surface area contributed by atoms with Gasteiger partial charge in [0.15, 0.2) is 0 Å². The fourth-order valence-corrected chi connectivity index (χ4v) is 2.62. The number of ether oxygens (including phenoxy) is 1. The van der Waals surface area contributed by atoms with Gasteiger partial charge in [-0.2, -0.15) is 17.9 Å². The van der Waals surface area contributed by atoms with Gasteiger partial charge in [-0.25, -0.2) is 8.42 Å². The van der Waals surface area contributed by atoms with E-state index in [2.05, 4.69) is 4.74 Å². The highest BCUT2D eigenvalue weighted by Crippen LogP contribution is 2.30. The van der Waals surface area contributed by atoms with Crippen molar-refractivity contribution in [3.63, 3.8) is 0 Å². The van der Waals surface area contributed by atoms with Crippen LogP contribution in [0.5, 0.6) is 0 Å². The van der Waals surface area contributed by atoms with Crippen LogP contribution >= 0.6 is 0 Å². The van der Waals surface area contributed by atoms with Gasteiger partial charge in [-0.05, 0) is 18.2 Å². The van der Waals surface area contributed by atoms with Crippen LogP contribution < -0.4 is 4.72 Å². The van der Waals surface area contributed by atoms with Gasteiger partial charge >= 0.3 is 12.1 Å². The number of aliphatic hydroxyl groups is 1. The molecule has 0 heterocycles. The maximum Gasteiger partial charge on any atom is 0.416 e. The van der Waals surface area contributed by atoms with Crippen molar-refractivity contribution >= 4 is 16.0 Å². The average Bonchev–Trinajstić information content (AvgIpc) is 2.43. The lowest BCUT2D eigenvalue weighted by Crippen LogP contribution is -2.43. The lowest BCUT2D eigenvalue weighted by atomic mass is 10.2. The quantitative estimate of drug-likeness (QED) is 0.769. The van der Waals surface area contributed by atoms with Gasteiger partial charge in [-0.3, -0.25) is 4.79 Å². The Labute approximate surface area is 118 Å². The molecule has 0 saturated carbocycles. The summed E-state index contributed by atoms with van der Waals surface area (Å²) in [5.74, 6) is -1.06. The van der Waals surface area contributed by atoms with E-state index < -0.39 is 45.3 Å². The van der Waals surface area contributed by atoms with E-state index in [9.17, 15) is 26.4 Å². The van der Waals surface area contributed by atoms with Crippen molar-refractivity contribution in [3.8, 4) is 0 Å². The molecule has 6 nitrogen and oxygen atoms in total. The van der Waals surface area contributed by atoms with E-state index in [1.807, 2.05) is 0 Å². The zero-order valence-corrected chi connectivity index (χ0v) is 11.5. The van der Waals surface area contributed by atoms with Crippen LogP contribution in [-0.4, -0.2) is 39.3 Å². The topological polar surface area (TPSA) is 92.7 Å². The molecule has 0 aliphatic rings. The molecule has 1 aromatic carbocycles. The molecule has 0 amide bonds. The predicted octanol–water partition coefficient (Wildman–Crippen LogP) is 0.518. The van der Waals surface area contributed by atoms with Crippen molar-refractivity contribution in [1.29, 1.82) is 0 Å². The van der Waals surface area contributed by atoms with Crippen LogP contribution in [0.25, 0.3) is 0 Å². The van der Waals surface area contributed by atoms with Gasteiger partial charge < -0.3 is 9.84 Å². The van der Waals surface area contributed by atoms with E-state index in [1.54, 1.807) is 4.72 Å². The van der Waals surface area contributed by atoms with Gasteiger partial charge in [-0.1, -0.05) is 6.07 Å². The highest BCUT2D eigenvalue weighted by atomic mass is 32.2. The molecule has 0 aliphatic heterocycles. The molecule has 0 aliphatic carbocycles. The number of carbonyl (C=O) groups is 1. The minimum Gasteiger partial charge on any atom is -0.468 e. The number of esters is 1. The van der Waals surface area contributed by atoms with Crippen LogP contribution in [0, 0.1) is 0 Å². The molecule has 1 rings (SSSR count). The Bertz CT molecular complexity index is 615. The first-order valence-corrected chi connectivity index (χ1v) is 6.98. The average molecular weight is 327 g/mol. The number of nitrogens with one attached hydrogen (secondary N) is 1. The van der Waals surface area contributed by atoms with Crippen LogP contribution in [0.2, 0.25) is 0 Å². The molecule has 118 valence electrons. The second-order valence-corrected chi connectivity index (χ2v) is 5.62. The summed E-state index contributed by atoms with van der Waals surface area (Å²) in [6, 6.07) is 1.39. The predicted molar refractivity (Wildman–Crippen MR) is 64.7 cm³/mol. The number of aliphatic hydroxyl groups excluding tert-OH is 1. The van der Waals surface area contributed by atoms with Gasteiger partial charge in [0.05, 0.1) is 24.2 Å². The number of hydrogen-bond donors (Lipinski definition) is 2. The second kappa shape index (κ2) is 6.41. The summed E-state index contributed by atoms with van der Waals surface area (Å²) >= 11 is 0. The third-order valence-electron chi connectivity index (χ3n) is 2.44. The minimum atomic E-state index is -4.70. The number of alkyl halides is 3. The standard InChI is InChI=1S/C11H12F3NO5S/c1-20-10(17)9(6-16)15-21(18,19)8-4-2-3-7(5-8)11(12,13)14/h2-5,9,15-16H,6H2,1H3. The Hall–Kier alpha value is -1.65. The fraction of sp³-hybridized carbons (Fsp3) is 0.364. The Morgan fingerprint density at radius 1 is 1.43 bits per heavy atom. The minimum absolute atomic E-state index is 0.425. The van der Waals surface area contributed by atoms with E-state index in [1.165, 1.54) is 0 Å². The van der Waals surface area contributed by atoms with Crippen molar-refractivity contribution < 1.29 is 36.2 Å². The SMILES string of the molecule is COC(=O)C(CO)NS(=O)(=O)c1cccc(C(F)(F)F)c1. The Kier molecular flexibility index (Phi) is 5.31. The maximum atomic E-state index is 12.5. The summed E-state index contributed by atoms with van der Waals surface area (Å²) in [6.45, 7) is -0.898. The molecule has 1 unspecified atom stereocenters. The largest absolute Gasteiger partial charge is 0.468 e. The maximum absolute atomic E-state index is 12.5. The number of benzene rings is 1. The first-order chi connectivity index (χ1) is 9.61. The fourth-order valence-electron chi connectivity index (χ4n) is 1.40. The number of carbonyl (C=O) groups excluding carboxylic acids is 1. The molecule has 1 aromatic rings. The number of hydrogen-bond acceptors (Lipinski definition) is 5. The zero-order valence-electron chi connectivity index (χ0n) is 10.7. The zero-order chi connectivity index (χ0) is 16.3. The van der Waals surface area contributed by atoms with E-state index in [4.69, 9.17) is 5.11 Å². The Morgan fingerprint density at radius 2 is 2.05 bits per heavy atom. The Morgan fingerprint density at radius 3 is 2.52 bits per heavy atom. The summed E-state index contributed by atoms with van der Waals surface area (Å²) < 4.78 is 67.4. The highest BCUT2D eigenvalue weighted by Gasteiger charge is 2.32. The summed E-state index contributed by atoms with van der Waals surface area (Å²) in [6.07, 6.45) is -4.70. The van der Waals surface area contributed by atoms with Crippen LogP contribution in [0.1, 0.15) is 5.56 Å². The molecule has 0 spiro atoms. The van der Waals surface area contributed by atoms with Crippen molar-refractivity contribution in [1.82, 2.24) is 4.72 Å². The first kappa shape index (κ1) is 17.4. The first-order valence-electron chi connectivity index (χ1n) is 5.50. The smallest absolute Gasteiger partial charge is 0.416 e. The molecule has 0 saturated heterocycles. The van der Waals surface area contributed by atoms with Crippen molar-refractivity contribution in [2.24, 2.45) is 0 Å². The summed E-state index contributed by atoms with van der Waals surface area (Å²) in [5.41, 5.74) is -1.15. The van der Waals surface area contributed by atoms with E-state index >= 15 is 0 Å². The third-order valence-corrected chi connectivity index (χ3v) is 3.91. The van der Waals surface area contributed by atoms with E-state index in [0.29, 0.717) is 12.1 Å². The summed E-state index contributed by atoms with van der Waals surface area (Å²) in [4.78, 5) is 10.5. The Balaban J connectivity index is 3.11. The number of rotatable bonds is 5.